The predicted octanol–water partition coefficient (Wildman–Crippen LogP) is 3.85. The van der Waals surface area contributed by atoms with Crippen LogP contribution in [-0.2, 0) is 17.5 Å². The Morgan fingerprint density at radius 1 is 1.17 bits per heavy atom. The van der Waals surface area contributed by atoms with Crippen molar-refractivity contribution in [1.82, 2.24) is 4.90 Å². The van der Waals surface area contributed by atoms with Crippen molar-refractivity contribution in [3.63, 3.8) is 0 Å². The highest BCUT2D eigenvalue weighted by Crippen LogP contribution is 2.51. The fourth-order valence-corrected chi connectivity index (χ4v) is 3.72. The number of aliphatic hydroxyl groups excluding tert-OH is 1. The van der Waals surface area contributed by atoms with Gasteiger partial charge in [-0.05, 0) is 42.2 Å². The SMILES string of the molecule is COc1ccc(OC)c(CN(CCO)C(=O)C2CC2c2ccccc2C(F)(F)F)c1. The van der Waals surface area contributed by atoms with Crippen LogP contribution in [0.5, 0.6) is 11.5 Å². The molecule has 1 aliphatic carbocycles. The minimum atomic E-state index is -4.47. The Labute approximate surface area is 173 Å². The number of carbonyl (C=O) groups excluding carboxylic acids is 1. The van der Waals surface area contributed by atoms with Gasteiger partial charge in [0, 0.05) is 24.6 Å². The number of hydrogen-bond donors (Lipinski definition) is 1. The maximum Gasteiger partial charge on any atom is 0.416 e. The third kappa shape index (κ3) is 4.70. The molecule has 8 heteroatoms. The van der Waals surface area contributed by atoms with Gasteiger partial charge < -0.3 is 19.5 Å². The lowest BCUT2D eigenvalue weighted by molar-refractivity contribution is -0.139. The van der Waals surface area contributed by atoms with E-state index in [9.17, 15) is 23.1 Å². The Morgan fingerprint density at radius 3 is 2.53 bits per heavy atom. The van der Waals surface area contributed by atoms with Gasteiger partial charge in [0.1, 0.15) is 11.5 Å². The van der Waals surface area contributed by atoms with Gasteiger partial charge in [-0.3, -0.25) is 4.79 Å². The highest BCUT2D eigenvalue weighted by molar-refractivity contribution is 5.83. The van der Waals surface area contributed by atoms with Gasteiger partial charge in [-0.2, -0.15) is 13.2 Å². The van der Waals surface area contributed by atoms with Crippen molar-refractivity contribution < 1.29 is 32.5 Å². The Morgan fingerprint density at radius 2 is 1.90 bits per heavy atom. The highest BCUT2D eigenvalue weighted by atomic mass is 19.4. The van der Waals surface area contributed by atoms with Crippen LogP contribution in [-0.4, -0.2) is 43.3 Å². The first kappa shape index (κ1) is 22.0. The van der Waals surface area contributed by atoms with Crippen LogP contribution in [0.2, 0.25) is 0 Å². The predicted molar refractivity (Wildman–Crippen MR) is 104 cm³/mol. The molecular weight excluding hydrogens is 399 g/mol. The number of carbonyl (C=O) groups is 1. The summed E-state index contributed by atoms with van der Waals surface area (Å²) in [5.74, 6) is -0.164. The molecule has 162 valence electrons. The summed E-state index contributed by atoms with van der Waals surface area (Å²) < 4.78 is 50.6. The van der Waals surface area contributed by atoms with Gasteiger partial charge >= 0.3 is 6.18 Å². The molecule has 0 bridgehead atoms. The van der Waals surface area contributed by atoms with Crippen LogP contribution in [0.3, 0.4) is 0 Å². The summed E-state index contributed by atoms with van der Waals surface area (Å²) in [6, 6.07) is 10.6. The molecule has 0 aromatic heterocycles. The topological polar surface area (TPSA) is 59.0 Å². The largest absolute Gasteiger partial charge is 0.497 e. The Kier molecular flexibility index (Phi) is 6.55. The molecule has 2 atom stereocenters. The second kappa shape index (κ2) is 8.95. The molecule has 2 aromatic carbocycles. The molecule has 30 heavy (non-hydrogen) atoms. The quantitative estimate of drug-likeness (QED) is 0.701. The molecule has 3 rings (SSSR count). The minimum Gasteiger partial charge on any atom is -0.497 e. The second-order valence-corrected chi connectivity index (χ2v) is 7.19. The zero-order chi connectivity index (χ0) is 21.9. The zero-order valence-corrected chi connectivity index (χ0v) is 16.8. The number of amides is 1. The average Bonchev–Trinajstić information content (AvgIpc) is 3.53. The number of halogens is 3. The lowest BCUT2D eigenvalue weighted by atomic mass is 10.0. The van der Waals surface area contributed by atoms with Crippen LogP contribution in [0.15, 0.2) is 42.5 Å². The Hall–Kier alpha value is -2.74. The van der Waals surface area contributed by atoms with E-state index in [1.807, 2.05) is 0 Å². The van der Waals surface area contributed by atoms with E-state index < -0.39 is 23.6 Å². The summed E-state index contributed by atoms with van der Waals surface area (Å²) >= 11 is 0. The summed E-state index contributed by atoms with van der Waals surface area (Å²) in [5.41, 5.74) is 0.131. The summed E-state index contributed by atoms with van der Waals surface area (Å²) in [5, 5.41) is 9.43. The normalized spacial score (nSPS) is 18.1. The number of benzene rings is 2. The molecular formula is C22H24F3NO4. The highest BCUT2D eigenvalue weighted by Gasteiger charge is 2.49. The van der Waals surface area contributed by atoms with Crippen molar-refractivity contribution in [3.05, 3.63) is 59.2 Å². The molecule has 1 amide bonds. The van der Waals surface area contributed by atoms with Gasteiger partial charge in [0.05, 0.1) is 26.4 Å². The molecule has 0 spiro atoms. The number of methoxy groups -OCH3 is 2. The number of nitrogens with zero attached hydrogens (tertiary/aromatic N) is 1. The maximum absolute atomic E-state index is 13.3. The fourth-order valence-electron chi connectivity index (χ4n) is 3.72. The van der Waals surface area contributed by atoms with E-state index >= 15 is 0 Å². The minimum absolute atomic E-state index is 0.0728. The smallest absolute Gasteiger partial charge is 0.416 e. The zero-order valence-electron chi connectivity index (χ0n) is 16.8. The molecule has 0 heterocycles. The van der Waals surface area contributed by atoms with Crippen molar-refractivity contribution >= 4 is 5.91 Å². The van der Waals surface area contributed by atoms with Crippen LogP contribution in [0.25, 0.3) is 0 Å². The first-order valence-corrected chi connectivity index (χ1v) is 9.56. The summed E-state index contributed by atoms with van der Waals surface area (Å²) in [4.78, 5) is 14.5. The molecule has 1 aliphatic rings. The molecule has 5 nitrogen and oxygen atoms in total. The standard InChI is InChI=1S/C22H24F3NO4/c1-29-15-7-8-20(30-2)14(11-15)13-26(9-10-27)21(28)18-12-17(18)16-5-3-4-6-19(16)22(23,24)25/h3-8,11,17-18,27H,9-10,12-13H2,1-2H3. The van der Waals surface area contributed by atoms with Crippen molar-refractivity contribution in [2.75, 3.05) is 27.4 Å². The van der Waals surface area contributed by atoms with Gasteiger partial charge in [-0.15, -0.1) is 0 Å². The van der Waals surface area contributed by atoms with Gasteiger partial charge in [-0.25, -0.2) is 0 Å². The van der Waals surface area contributed by atoms with Crippen LogP contribution in [0, 0.1) is 5.92 Å². The van der Waals surface area contributed by atoms with Crippen LogP contribution in [0.1, 0.15) is 29.0 Å². The van der Waals surface area contributed by atoms with Crippen LogP contribution < -0.4 is 9.47 Å². The maximum atomic E-state index is 13.3. The van der Waals surface area contributed by atoms with E-state index in [-0.39, 0.29) is 31.2 Å². The first-order valence-electron chi connectivity index (χ1n) is 9.56. The van der Waals surface area contributed by atoms with E-state index in [2.05, 4.69) is 0 Å². The van der Waals surface area contributed by atoms with Crippen molar-refractivity contribution in [1.29, 1.82) is 0 Å². The average molecular weight is 423 g/mol. The van der Waals surface area contributed by atoms with Gasteiger partial charge in [0.25, 0.3) is 0 Å². The summed E-state index contributed by atoms with van der Waals surface area (Å²) in [7, 11) is 3.03. The lowest BCUT2D eigenvalue weighted by Crippen LogP contribution is -2.34. The van der Waals surface area contributed by atoms with Gasteiger partial charge in [0.15, 0.2) is 0 Å². The Bertz CT molecular complexity index is 900. The van der Waals surface area contributed by atoms with Gasteiger partial charge in [-0.1, -0.05) is 18.2 Å². The number of rotatable bonds is 8. The molecule has 2 unspecified atom stereocenters. The molecule has 0 aliphatic heterocycles. The van der Waals surface area contributed by atoms with Crippen LogP contribution in [0.4, 0.5) is 13.2 Å². The molecule has 0 radical (unpaired) electrons. The first-order chi connectivity index (χ1) is 14.3. The third-order valence-corrected chi connectivity index (χ3v) is 5.30. The van der Waals surface area contributed by atoms with Crippen molar-refractivity contribution in [3.8, 4) is 11.5 Å². The van der Waals surface area contributed by atoms with Crippen LogP contribution >= 0.6 is 0 Å². The number of alkyl halides is 3. The summed E-state index contributed by atoms with van der Waals surface area (Å²) in [6.07, 6.45) is -4.12. The third-order valence-electron chi connectivity index (χ3n) is 5.30. The fraction of sp³-hybridized carbons (Fsp3) is 0.409. The van der Waals surface area contributed by atoms with Crippen molar-refractivity contribution in [2.45, 2.75) is 25.1 Å². The molecule has 1 fully saturated rings. The molecule has 2 aromatic rings. The van der Waals surface area contributed by atoms with E-state index in [1.54, 1.807) is 24.3 Å². The van der Waals surface area contributed by atoms with E-state index in [4.69, 9.17) is 9.47 Å². The lowest BCUT2D eigenvalue weighted by Gasteiger charge is -2.24. The van der Waals surface area contributed by atoms with E-state index in [0.717, 1.165) is 6.07 Å². The van der Waals surface area contributed by atoms with Crippen molar-refractivity contribution in [2.24, 2.45) is 5.92 Å². The molecule has 0 saturated heterocycles. The van der Waals surface area contributed by atoms with Gasteiger partial charge in [0.2, 0.25) is 5.91 Å². The molecule has 1 N–H and O–H groups in total. The van der Waals surface area contributed by atoms with E-state index in [1.165, 1.54) is 31.3 Å². The number of aliphatic hydroxyl groups is 1. The second-order valence-electron chi connectivity index (χ2n) is 7.19. The monoisotopic (exact) mass is 423 g/mol. The molecule has 1 saturated carbocycles. The Balaban J connectivity index is 1.80. The summed E-state index contributed by atoms with van der Waals surface area (Å²) in [6.45, 7) is -0.0260. The number of hydrogen-bond acceptors (Lipinski definition) is 4. The van der Waals surface area contributed by atoms with E-state index in [0.29, 0.717) is 23.5 Å². The number of ether oxygens (including phenoxy) is 2.